The molecule has 0 aromatic heterocycles. The zero-order valence-corrected chi connectivity index (χ0v) is 8.55. The normalized spacial score (nSPS) is 10.1. The van der Waals surface area contributed by atoms with Gasteiger partial charge in [0.1, 0.15) is 5.78 Å². The fourth-order valence-corrected chi connectivity index (χ4v) is 1.45. The van der Waals surface area contributed by atoms with Crippen LogP contribution in [0.2, 0.25) is 0 Å². The van der Waals surface area contributed by atoms with Gasteiger partial charge in [0, 0.05) is 12.8 Å². The molecule has 0 saturated carbocycles. The average Bonchev–Trinajstić information content (AvgIpc) is 2.11. The number of ketones is 1. The summed E-state index contributed by atoms with van der Waals surface area (Å²) in [6.07, 6.45) is 1.22. The smallest absolute Gasteiger partial charge is 0.137 e. The van der Waals surface area contributed by atoms with Gasteiger partial charge in [-0.25, -0.2) is 0 Å². The highest BCUT2D eigenvalue weighted by Gasteiger charge is 2.05. The van der Waals surface area contributed by atoms with E-state index in [9.17, 15) is 4.79 Å². The first-order valence-electron chi connectivity index (χ1n) is 4.72. The lowest BCUT2D eigenvalue weighted by molar-refractivity contribution is -0.118. The second kappa shape index (κ2) is 4.22. The van der Waals surface area contributed by atoms with Crippen molar-refractivity contribution in [1.29, 1.82) is 0 Å². The van der Waals surface area contributed by atoms with Crippen LogP contribution in [0.15, 0.2) is 18.2 Å². The summed E-state index contributed by atoms with van der Waals surface area (Å²) in [7, 11) is 0. The lowest BCUT2D eigenvalue weighted by Gasteiger charge is -2.07. The van der Waals surface area contributed by atoms with Crippen LogP contribution in [0.5, 0.6) is 0 Å². The van der Waals surface area contributed by atoms with Gasteiger partial charge >= 0.3 is 0 Å². The van der Waals surface area contributed by atoms with Crippen LogP contribution in [0.4, 0.5) is 0 Å². The summed E-state index contributed by atoms with van der Waals surface area (Å²) in [4.78, 5) is 11.3. The Kier molecular flexibility index (Phi) is 3.24. The van der Waals surface area contributed by atoms with Crippen LogP contribution < -0.4 is 0 Å². The molecule has 0 unspecified atom stereocenters. The van der Waals surface area contributed by atoms with Gasteiger partial charge in [0.05, 0.1) is 0 Å². The van der Waals surface area contributed by atoms with E-state index in [0.717, 1.165) is 0 Å². The number of carbonyl (C=O) groups excluding carboxylic acids is 1. The fourth-order valence-electron chi connectivity index (χ4n) is 1.45. The molecule has 0 N–H and O–H groups in total. The van der Waals surface area contributed by atoms with E-state index >= 15 is 0 Å². The van der Waals surface area contributed by atoms with Gasteiger partial charge in [-0.3, -0.25) is 4.79 Å². The summed E-state index contributed by atoms with van der Waals surface area (Å²) in [5, 5.41) is 0. The van der Waals surface area contributed by atoms with E-state index in [4.69, 9.17) is 0 Å². The number of benzene rings is 1. The van der Waals surface area contributed by atoms with Crippen molar-refractivity contribution in [2.75, 3.05) is 0 Å². The standard InChI is InChI=1S/C12H16O/c1-4-11(13)8-12-9(2)6-5-7-10(12)3/h5-7H,4,8H2,1-3H3. The van der Waals surface area contributed by atoms with E-state index < -0.39 is 0 Å². The first kappa shape index (κ1) is 9.97. The third-order valence-corrected chi connectivity index (χ3v) is 2.41. The Morgan fingerprint density at radius 2 is 1.77 bits per heavy atom. The molecule has 0 atom stereocenters. The minimum Gasteiger partial charge on any atom is -0.299 e. The van der Waals surface area contributed by atoms with Crippen LogP contribution in [0.1, 0.15) is 30.0 Å². The Morgan fingerprint density at radius 1 is 1.23 bits per heavy atom. The molecule has 0 bridgehead atoms. The van der Waals surface area contributed by atoms with Gasteiger partial charge in [0.2, 0.25) is 0 Å². The highest BCUT2D eigenvalue weighted by Crippen LogP contribution is 2.14. The molecular formula is C12H16O. The molecule has 0 aliphatic carbocycles. The number of carbonyl (C=O) groups is 1. The molecule has 0 radical (unpaired) electrons. The second-order valence-electron chi connectivity index (χ2n) is 3.44. The quantitative estimate of drug-likeness (QED) is 0.692. The molecule has 0 saturated heterocycles. The Morgan fingerprint density at radius 3 is 2.23 bits per heavy atom. The molecule has 1 rings (SSSR count). The average molecular weight is 176 g/mol. The molecule has 1 heteroatoms. The molecule has 0 spiro atoms. The van der Waals surface area contributed by atoms with Crippen LogP contribution in [-0.4, -0.2) is 5.78 Å². The van der Waals surface area contributed by atoms with Crippen molar-refractivity contribution in [3.05, 3.63) is 34.9 Å². The first-order chi connectivity index (χ1) is 6.15. The van der Waals surface area contributed by atoms with E-state index in [0.29, 0.717) is 18.6 Å². The number of aryl methyl sites for hydroxylation is 2. The summed E-state index contributed by atoms with van der Waals surface area (Å²) in [5.74, 6) is 0.317. The van der Waals surface area contributed by atoms with E-state index in [1.165, 1.54) is 16.7 Å². The van der Waals surface area contributed by atoms with Gasteiger partial charge in [-0.05, 0) is 30.5 Å². The molecule has 1 nitrogen and oxygen atoms in total. The van der Waals surface area contributed by atoms with Gasteiger partial charge in [-0.15, -0.1) is 0 Å². The number of Topliss-reactive ketones (excluding diaryl/α,β-unsaturated/α-hetero) is 1. The topological polar surface area (TPSA) is 17.1 Å². The van der Waals surface area contributed by atoms with Crippen molar-refractivity contribution < 1.29 is 4.79 Å². The SMILES string of the molecule is CCC(=O)Cc1c(C)cccc1C. The van der Waals surface area contributed by atoms with Gasteiger partial charge < -0.3 is 0 Å². The van der Waals surface area contributed by atoms with Crippen molar-refractivity contribution in [3.8, 4) is 0 Å². The third-order valence-electron chi connectivity index (χ3n) is 2.41. The molecule has 0 heterocycles. The molecule has 1 aromatic rings. The summed E-state index contributed by atoms with van der Waals surface area (Å²) >= 11 is 0. The Hall–Kier alpha value is -1.11. The van der Waals surface area contributed by atoms with Crippen LogP contribution in [0.3, 0.4) is 0 Å². The minimum absolute atomic E-state index is 0.317. The zero-order valence-electron chi connectivity index (χ0n) is 8.55. The fraction of sp³-hybridized carbons (Fsp3) is 0.417. The molecule has 70 valence electrons. The number of hydrogen-bond acceptors (Lipinski definition) is 1. The monoisotopic (exact) mass is 176 g/mol. The summed E-state index contributed by atoms with van der Waals surface area (Å²) < 4.78 is 0. The van der Waals surface area contributed by atoms with Gasteiger partial charge in [0.25, 0.3) is 0 Å². The molecule has 0 fully saturated rings. The van der Waals surface area contributed by atoms with Gasteiger partial charge in [-0.2, -0.15) is 0 Å². The van der Waals surface area contributed by atoms with Crippen LogP contribution in [0.25, 0.3) is 0 Å². The van der Waals surface area contributed by atoms with Gasteiger partial charge in [0.15, 0.2) is 0 Å². The van der Waals surface area contributed by atoms with Gasteiger partial charge in [-0.1, -0.05) is 25.1 Å². The highest BCUT2D eigenvalue weighted by molar-refractivity contribution is 5.81. The van der Waals surface area contributed by atoms with Crippen molar-refractivity contribution in [1.82, 2.24) is 0 Å². The summed E-state index contributed by atoms with van der Waals surface area (Å²) in [6, 6.07) is 6.15. The molecular weight excluding hydrogens is 160 g/mol. The molecule has 0 aliphatic rings. The van der Waals surface area contributed by atoms with E-state index in [2.05, 4.69) is 26.0 Å². The predicted octanol–water partition coefficient (Wildman–Crippen LogP) is 2.83. The minimum atomic E-state index is 0.317. The molecule has 0 aliphatic heterocycles. The maximum atomic E-state index is 11.3. The third kappa shape index (κ3) is 2.41. The van der Waals surface area contributed by atoms with Crippen molar-refractivity contribution in [2.24, 2.45) is 0 Å². The van der Waals surface area contributed by atoms with E-state index in [1.807, 2.05) is 13.0 Å². The van der Waals surface area contributed by atoms with E-state index in [-0.39, 0.29) is 0 Å². The summed E-state index contributed by atoms with van der Waals surface area (Å²) in [5.41, 5.74) is 3.65. The Balaban J connectivity index is 2.93. The Bertz CT molecular complexity index is 293. The maximum absolute atomic E-state index is 11.3. The number of hydrogen-bond donors (Lipinski definition) is 0. The maximum Gasteiger partial charge on any atom is 0.137 e. The molecule has 1 aromatic carbocycles. The Labute approximate surface area is 79.8 Å². The van der Waals surface area contributed by atoms with Crippen LogP contribution in [0, 0.1) is 13.8 Å². The van der Waals surface area contributed by atoms with Crippen molar-refractivity contribution in [2.45, 2.75) is 33.6 Å². The second-order valence-corrected chi connectivity index (χ2v) is 3.44. The predicted molar refractivity (Wildman–Crippen MR) is 54.9 cm³/mol. The van der Waals surface area contributed by atoms with E-state index in [1.54, 1.807) is 0 Å². The summed E-state index contributed by atoms with van der Waals surface area (Å²) in [6.45, 7) is 6.03. The highest BCUT2D eigenvalue weighted by atomic mass is 16.1. The lowest BCUT2D eigenvalue weighted by Crippen LogP contribution is -2.03. The zero-order chi connectivity index (χ0) is 9.84. The van der Waals surface area contributed by atoms with Crippen molar-refractivity contribution >= 4 is 5.78 Å². The molecule has 0 amide bonds. The number of rotatable bonds is 3. The lowest BCUT2D eigenvalue weighted by atomic mass is 9.97. The largest absolute Gasteiger partial charge is 0.299 e. The first-order valence-corrected chi connectivity index (χ1v) is 4.72. The van der Waals surface area contributed by atoms with Crippen LogP contribution >= 0.6 is 0 Å². The van der Waals surface area contributed by atoms with Crippen molar-refractivity contribution in [3.63, 3.8) is 0 Å². The van der Waals surface area contributed by atoms with Crippen LogP contribution in [-0.2, 0) is 11.2 Å². The molecule has 13 heavy (non-hydrogen) atoms.